The van der Waals surface area contributed by atoms with Crippen molar-refractivity contribution in [3.05, 3.63) is 52.8 Å². The molecule has 2 aromatic rings. The van der Waals surface area contributed by atoms with E-state index in [9.17, 15) is 4.79 Å². The molecule has 1 aromatic heterocycles. The first-order chi connectivity index (χ1) is 8.18. The number of benzene rings is 1. The molecule has 0 spiro atoms. The average molecular weight is 229 g/mol. The molecule has 17 heavy (non-hydrogen) atoms. The van der Waals surface area contributed by atoms with Gasteiger partial charge in [0.15, 0.2) is 0 Å². The van der Waals surface area contributed by atoms with Gasteiger partial charge in [-0.2, -0.15) is 5.10 Å². The van der Waals surface area contributed by atoms with Gasteiger partial charge in [0.05, 0.1) is 6.20 Å². The van der Waals surface area contributed by atoms with Crippen LogP contribution >= 0.6 is 0 Å². The number of carbonyl (C=O) groups excluding carboxylic acids is 1. The Morgan fingerprint density at radius 3 is 2.76 bits per heavy atom. The number of nitrogens with zero attached hydrogens (tertiary/aromatic N) is 1. The van der Waals surface area contributed by atoms with Crippen molar-refractivity contribution in [2.24, 2.45) is 0 Å². The molecule has 0 fully saturated rings. The van der Waals surface area contributed by atoms with E-state index in [1.54, 1.807) is 6.20 Å². The van der Waals surface area contributed by atoms with Crippen LogP contribution in [0.1, 0.15) is 27.2 Å². The highest BCUT2D eigenvalue weighted by molar-refractivity contribution is 5.95. The van der Waals surface area contributed by atoms with Crippen LogP contribution in [0, 0.1) is 13.8 Å². The lowest BCUT2D eigenvalue weighted by Gasteiger charge is -2.06. The topological polar surface area (TPSA) is 57.8 Å². The minimum atomic E-state index is -0.0521. The summed E-state index contributed by atoms with van der Waals surface area (Å²) in [7, 11) is 0. The lowest BCUT2D eigenvalue weighted by atomic mass is 10.1. The SMILES string of the molecule is Cc1ccccc1C(=O)NCc1cn[nH]c1C. The van der Waals surface area contributed by atoms with Gasteiger partial charge < -0.3 is 5.32 Å². The Morgan fingerprint density at radius 2 is 2.12 bits per heavy atom. The van der Waals surface area contributed by atoms with Gasteiger partial charge in [0.25, 0.3) is 5.91 Å². The van der Waals surface area contributed by atoms with E-state index < -0.39 is 0 Å². The molecule has 2 N–H and O–H groups in total. The van der Waals surface area contributed by atoms with E-state index in [0.717, 1.165) is 16.8 Å². The molecule has 0 radical (unpaired) electrons. The second-order valence-corrected chi connectivity index (χ2v) is 4.02. The number of hydrogen-bond acceptors (Lipinski definition) is 2. The summed E-state index contributed by atoms with van der Waals surface area (Å²) in [4.78, 5) is 11.9. The summed E-state index contributed by atoms with van der Waals surface area (Å²) in [6, 6.07) is 7.54. The van der Waals surface area contributed by atoms with Gasteiger partial charge in [-0.15, -0.1) is 0 Å². The molecule has 1 amide bonds. The number of aromatic nitrogens is 2. The van der Waals surface area contributed by atoms with Crippen molar-refractivity contribution < 1.29 is 4.79 Å². The van der Waals surface area contributed by atoms with E-state index >= 15 is 0 Å². The third kappa shape index (κ3) is 2.53. The first kappa shape index (κ1) is 11.4. The van der Waals surface area contributed by atoms with Crippen LogP contribution in [0.3, 0.4) is 0 Å². The molecule has 0 aliphatic rings. The molecule has 0 aliphatic heterocycles. The molecule has 0 aliphatic carbocycles. The minimum Gasteiger partial charge on any atom is -0.348 e. The molecular weight excluding hydrogens is 214 g/mol. The average Bonchev–Trinajstić information content (AvgIpc) is 2.72. The molecule has 0 bridgehead atoms. The summed E-state index contributed by atoms with van der Waals surface area (Å²) in [5.41, 5.74) is 3.68. The highest BCUT2D eigenvalue weighted by Crippen LogP contribution is 2.07. The van der Waals surface area contributed by atoms with Gasteiger partial charge in [-0.1, -0.05) is 18.2 Å². The number of hydrogen-bond donors (Lipinski definition) is 2. The zero-order valence-electron chi connectivity index (χ0n) is 9.95. The van der Waals surface area contributed by atoms with E-state index in [4.69, 9.17) is 0 Å². The summed E-state index contributed by atoms with van der Waals surface area (Å²) < 4.78 is 0. The number of carbonyl (C=O) groups is 1. The zero-order chi connectivity index (χ0) is 12.3. The molecule has 0 unspecified atom stereocenters. The lowest BCUT2D eigenvalue weighted by molar-refractivity contribution is 0.0950. The fourth-order valence-corrected chi connectivity index (χ4v) is 1.65. The third-order valence-electron chi connectivity index (χ3n) is 2.76. The molecular formula is C13H15N3O. The molecule has 88 valence electrons. The Labute approximate surface area is 100 Å². The molecule has 4 nitrogen and oxygen atoms in total. The highest BCUT2D eigenvalue weighted by Gasteiger charge is 2.08. The van der Waals surface area contributed by atoms with E-state index in [-0.39, 0.29) is 5.91 Å². The number of amides is 1. The standard InChI is InChI=1S/C13H15N3O/c1-9-5-3-4-6-12(9)13(17)14-7-11-8-15-16-10(11)2/h3-6,8H,7H2,1-2H3,(H,14,17)(H,15,16). The van der Waals surface area contributed by atoms with Gasteiger partial charge in [-0.05, 0) is 25.5 Å². The van der Waals surface area contributed by atoms with E-state index in [0.29, 0.717) is 12.1 Å². The van der Waals surface area contributed by atoms with Crippen molar-refractivity contribution in [3.63, 3.8) is 0 Å². The van der Waals surface area contributed by atoms with Crippen molar-refractivity contribution >= 4 is 5.91 Å². The van der Waals surface area contributed by atoms with Gasteiger partial charge in [0.1, 0.15) is 0 Å². The quantitative estimate of drug-likeness (QED) is 0.845. The highest BCUT2D eigenvalue weighted by atomic mass is 16.1. The van der Waals surface area contributed by atoms with Gasteiger partial charge in [0, 0.05) is 23.4 Å². The molecule has 1 heterocycles. The summed E-state index contributed by atoms with van der Waals surface area (Å²) in [6.07, 6.45) is 1.73. The van der Waals surface area contributed by atoms with Crippen molar-refractivity contribution in [3.8, 4) is 0 Å². The predicted octanol–water partition coefficient (Wildman–Crippen LogP) is 1.96. The van der Waals surface area contributed by atoms with Gasteiger partial charge in [-0.3, -0.25) is 9.89 Å². The van der Waals surface area contributed by atoms with Crippen LogP contribution in [0.4, 0.5) is 0 Å². The Bertz CT molecular complexity index is 531. The van der Waals surface area contributed by atoms with Crippen molar-refractivity contribution in [1.29, 1.82) is 0 Å². The fourth-order valence-electron chi connectivity index (χ4n) is 1.65. The molecule has 0 atom stereocenters. The largest absolute Gasteiger partial charge is 0.348 e. The van der Waals surface area contributed by atoms with Crippen LogP contribution in [0.5, 0.6) is 0 Å². The lowest BCUT2D eigenvalue weighted by Crippen LogP contribution is -2.23. The van der Waals surface area contributed by atoms with Crippen LogP contribution in [0.2, 0.25) is 0 Å². The summed E-state index contributed by atoms with van der Waals surface area (Å²) in [5.74, 6) is -0.0521. The van der Waals surface area contributed by atoms with Crippen LogP contribution in [-0.4, -0.2) is 16.1 Å². The number of H-pyrrole nitrogens is 1. The van der Waals surface area contributed by atoms with Gasteiger partial charge >= 0.3 is 0 Å². The Balaban J connectivity index is 2.04. The monoisotopic (exact) mass is 229 g/mol. The second kappa shape index (κ2) is 4.82. The van der Waals surface area contributed by atoms with Crippen molar-refractivity contribution in [2.75, 3.05) is 0 Å². The Hall–Kier alpha value is -2.10. The van der Waals surface area contributed by atoms with E-state index in [1.165, 1.54) is 0 Å². The zero-order valence-corrected chi connectivity index (χ0v) is 9.95. The van der Waals surface area contributed by atoms with Crippen LogP contribution in [0.25, 0.3) is 0 Å². The van der Waals surface area contributed by atoms with Gasteiger partial charge in [-0.25, -0.2) is 0 Å². The molecule has 0 saturated carbocycles. The third-order valence-corrected chi connectivity index (χ3v) is 2.76. The van der Waals surface area contributed by atoms with E-state index in [2.05, 4.69) is 15.5 Å². The summed E-state index contributed by atoms with van der Waals surface area (Å²) >= 11 is 0. The normalized spacial score (nSPS) is 10.2. The van der Waals surface area contributed by atoms with Crippen LogP contribution in [-0.2, 0) is 6.54 Å². The smallest absolute Gasteiger partial charge is 0.251 e. The first-order valence-electron chi connectivity index (χ1n) is 5.51. The minimum absolute atomic E-state index is 0.0521. The molecule has 2 rings (SSSR count). The predicted molar refractivity (Wildman–Crippen MR) is 65.7 cm³/mol. The van der Waals surface area contributed by atoms with E-state index in [1.807, 2.05) is 38.1 Å². The number of aryl methyl sites for hydroxylation is 2. The number of aromatic amines is 1. The maximum atomic E-state index is 11.9. The van der Waals surface area contributed by atoms with Crippen LogP contribution in [0.15, 0.2) is 30.5 Å². The number of rotatable bonds is 3. The van der Waals surface area contributed by atoms with Crippen molar-refractivity contribution in [1.82, 2.24) is 15.5 Å². The van der Waals surface area contributed by atoms with Gasteiger partial charge in [0.2, 0.25) is 0 Å². The van der Waals surface area contributed by atoms with Crippen molar-refractivity contribution in [2.45, 2.75) is 20.4 Å². The molecule has 0 saturated heterocycles. The Kier molecular flexibility index (Phi) is 3.23. The first-order valence-corrected chi connectivity index (χ1v) is 5.51. The molecule has 4 heteroatoms. The fraction of sp³-hybridized carbons (Fsp3) is 0.231. The molecule has 1 aromatic carbocycles. The summed E-state index contributed by atoms with van der Waals surface area (Å²) in [6.45, 7) is 4.36. The maximum absolute atomic E-state index is 11.9. The second-order valence-electron chi connectivity index (χ2n) is 4.02. The summed E-state index contributed by atoms with van der Waals surface area (Å²) in [5, 5.41) is 9.64. The maximum Gasteiger partial charge on any atom is 0.251 e. The Morgan fingerprint density at radius 1 is 1.35 bits per heavy atom. The number of nitrogens with one attached hydrogen (secondary N) is 2. The van der Waals surface area contributed by atoms with Crippen LogP contribution < -0.4 is 5.32 Å².